The molecule has 0 spiro atoms. The molecule has 0 bridgehead atoms. The molecule has 0 aliphatic carbocycles. The fourth-order valence-electron chi connectivity index (χ4n) is 2.54. The summed E-state index contributed by atoms with van der Waals surface area (Å²) in [5, 5.41) is 2.57. The highest BCUT2D eigenvalue weighted by Gasteiger charge is 2.30. The summed E-state index contributed by atoms with van der Waals surface area (Å²) < 4.78 is 37.9. The number of hydrogen-bond donors (Lipinski definition) is 1. The second kappa shape index (κ2) is 8.98. The first kappa shape index (κ1) is 20.2. The molecule has 140 valence electrons. The lowest BCUT2D eigenvalue weighted by molar-refractivity contribution is -0.122. The van der Waals surface area contributed by atoms with Gasteiger partial charge in [-0.3, -0.25) is 4.79 Å². The Kier molecular flexibility index (Phi) is 7.24. The summed E-state index contributed by atoms with van der Waals surface area (Å²) in [5.41, 5.74) is 0. The number of carbonyl (C=O) groups excluding carboxylic acids is 1. The van der Waals surface area contributed by atoms with E-state index in [1.807, 2.05) is 26.0 Å². The van der Waals surface area contributed by atoms with E-state index < -0.39 is 10.0 Å². The van der Waals surface area contributed by atoms with Gasteiger partial charge >= 0.3 is 0 Å². The molecule has 25 heavy (non-hydrogen) atoms. The Balaban J connectivity index is 1.73. The monoisotopic (exact) mass is 434 g/mol. The molecule has 1 heterocycles. The van der Waals surface area contributed by atoms with E-state index in [1.165, 1.54) is 4.31 Å². The minimum absolute atomic E-state index is 0.0466. The Hall–Kier alpha value is -1.16. The zero-order valence-corrected chi connectivity index (χ0v) is 16.7. The molecule has 7 nitrogen and oxygen atoms in total. The van der Waals surface area contributed by atoms with Crippen molar-refractivity contribution < 1.29 is 22.7 Å². The molecule has 1 N–H and O–H groups in total. The lowest BCUT2D eigenvalue weighted by Crippen LogP contribution is -2.49. The minimum atomic E-state index is -3.42. The minimum Gasteiger partial charge on any atom is -0.484 e. The number of benzene rings is 1. The third kappa shape index (κ3) is 6.58. The SMILES string of the molecule is CC1CN(S(=O)(=O)CCNC(=O)COc2ccc(Br)cc2)CC(C)O1. The van der Waals surface area contributed by atoms with Gasteiger partial charge < -0.3 is 14.8 Å². The molecular formula is C16H23BrN2O5S. The molecule has 1 aromatic rings. The lowest BCUT2D eigenvalue weighted by atomic mass is 10.3. The van der Waals surface area contributed by atoms with E-state index in [4.69, 9.17) is 9.47 Å². The number of ether oxygens (including phenoxy) is 2. The standard InChI is InChI=1S/C16H23BrN2O5S/c1-12-9-19(10-13(2)24-12)25(21,22)8-7-18-16(20)11-23-15-5-3-14(17)4-6-15/h3-6,12-13H,7-11H2,1-2H3,(H,18,20). The Labute approximate surface area is 156 Å². The predicted molar refractivity (Wildman–Crippen MR) is 98.0 cm³/mol. The van der Waals surface area contributed by atoms with Gasteiger partial charge in [0.1, 0.15) is 5.75 Å². The van der Waals surface area contributed by atoms with Crippen molar-refractivity contribution in [2.75, 3.05) is 32.0 Å². The van der Waals surface area contributed by atoms with Crippen LogP contribution in [0.3, 0.4) is 0 Å². The van der Waals surface area contributed by atoms with Crippen molar-refractivity contribution in [2.45, 2.75) is 26.1 Å². The molecule has 1 aliphatic rings. The van der Waals surface area contributed by atoms with E-state index in [-0.39, 0.29) is 37.0 Å². The van der Waals surface area contributed by atoms with Crippen LogP contribution < -0.4 is 10.1 Å². The number of amides is 1. The molecule has 2 unspecified atom stereocenters. The van der Waals surface area contributed by atoms with Gasteiger partial charge in [-0.1, -0.05) is 15.9 Å². The Bertz CT molecular complexity index is 670. The summed E-state index contributed by atoms with van der Waals surface area (Å²) in [6.07, 6.45) is -0.264. The van der Waals surface area contributed by atoms with E-state index in [2.05, 4.69) is 21.2 Å². The van der Waals surface area contributed by atoms with Gasteiger partial charge in [0.2, 0.25) is 10.0 Å². The van der Waals surface area contributed by atoms with Gasteiger partial charge in [0.15, 0.2) is 6.61 Å². The average molecular weight is 435 g/mol. The quantitative estimate of drug-likeness (QED) is 0.700. The van der Waals surface area contributed by atoms with Crippen molar-refractivity contribution in [3.05, 3.63) is 28.7 Å². The first-order valence-electron chi connectivity index (χ1n) is 8.04. The normalized spacial score (nSPS) is 21.7. The van der Waals surface area contributed by atoms with E-state index >= 15 is 0 Å². The van der Waals surface area contributed by atoms with Crippen LogP contribution in [0, 0.1) is 0 Å². The number of morpholine rings is 1. The van der Waals surface area contributed by atoms with Gasteiger partial charge in [0, 0.05) is 24.1 Å². The molecule has 0 radical (unpaired) electrons. The molecule has 2 rings (SSSR count). The summed E-state index contributed by atoms with van der Waals surface area (Å²) in [6.45, 7) is 4.26. The van der Waals surface area contributed by atoms with Gasteiger partial charge in [-0.15, -0.1) is 0 Å². The summed E-state index contributed by atoms with van der Waals surface area (Å²) >= 11 is 3.31. The van der Waals surface area contributed by atoms with Crippen LogP contribution >= 0.6 is 15.9 Å². The Morgan fingerprint density at radius 3 is 2.48 bits per heavy atom. The van der Waals surface area contributed by atoms with Crippen molar-refractivity contribution in [2.24, 2.45) is 0 Å². The Morgan fingerprint density at radius 1 is 1.28 bits per heavy atom. The molecular weight excluding hydrogens is 412 g/mol. The fraction of sp³-hybridized carbons (Fsp3) is 0.562. The molecule has 9 heteroatoms. The molecule has 1 fully saturated rings. The smallest absolute Gasteiger partial charge is 0.257 e. The van der Waals surface area contributed by atoms with Crippen LogP contribution in [0.25, 0.3) is 0 Å². The van der Waals surface area contributed by atoms with Crippen molar-refractivity contribution in [1.82, 2.24) is 9.62 Å². The van der Waals surface area contributed by atoms with Crippen LogP contribution in [-0.2, 0) is 19.6 Å². The maximum Gasteiger partial charge on any atom is 0.257 e. The van der Waals surface area contributed by atoms with Crippen LogP contribution in [0.15, 0.2) is 28.7 Å². The summed E-state index contributed by atoms with van der Waals surface area (Å²) in [7, 11) is -3.42. The molecule has 1 saturated heterocycles. The van der Waals surface area contributed by atoms with Crippen molar-refractivity contribution in [3.8, 4) is 5.75 Å². The Morgan fingerprint density at radius 2 is 1.88 bits per heavy atom. The van der Waals surface area contributed by atoms with Crippen LogP contribution in [0.4, 0.5) is 0 Å². The highest BCUT2D eigenvalue weighted by atomic mass is 79.9. The highest BCUT2D eigenvalue weighted by molar-refractivity contribution is 9.10. The average Bonchev–Trinajstić information content (AvgIpc) is 2.53. The zero-order chi connectivity index (χ0) is 18.4. The molecule has 1 aromatic carbocycles. The maximum atomic E-state index is 12.4. The van der Waals surface area contributed by atoms with Gasteiger partial charge in [-0.2, -0.15) is 4.31 Å². The van der Waals surface area contributed by atoms with Crippen molar-refractivity contribution in [1.29, 1.82) is 0 Å². The molecule has 1 amide bonds. The summed E-state index contributed by atoms with van der Waals surface area (Å²) in [5.74, 6) is 0.0697. The third-order valence-electron chi connectivity index (χ3n) is 3.65. The number of nitrogens with one attached hydrogen (secondary N) is 1. The molecule has 0 aromatic heterocycles. The summed E-state index contributed by atoms with van der Waals surface area (Å²) in [4.78, 5) is 11.8. The van der Waals surface area contributed by atoms with Crippen LogP contribution in [0.5, 0.6) is 5.75 Å². The number of hydrogen-bond acceptors (Lipinski definition) is 5. The van der Waals surface area contributed by atoms with E-state index in [0.717, 1.165) is 4.47 Å². The third-order valence-corrected chi connectivity index (χ3v) is 5.98. The number of halogens is 1. The summed E-state index contributed by atoms with van der Waals surface area (Å²) in [6, 6.07) is 7.10. The van der Waals surface area contributed by atoms with Gasteiger partial charge in [-0.25, -0.2) is 8.42 Å². The van der Waals surface area contributed by atoms with Gasteiger partial charge in [0.05, 0.1) is 18.0 Å². The fourth-order valence-corrected chi connectivity index (χ4v) is 4.29. The largest absolute Gasteiger partial charge is 0.484 e. The predicted octanol–water partition coefficient (Wildman–Crippen LogP) is 1.38. The van der Waals surface area contributed by atoms with Crippen LogP contribution in [0.2, 0.25) is 0 Å². The highest BCUT2D eigenvalue weighted by Crippen LogP contribution is 2.16. The van der Waals surface area contributed by atoms with E-state index in [9.17, 15) is 13.2 Å². The first-order chi connectivity index (χ1) is 11.8. The van der Waals surface area contributed by atoms with Crippen molar-refractivity contribution >= 4 is 31.9 Å². The second-order valence-electron chi connectivity index (χ2n) is 5.98. The van der Waals surface area contributed by atoms with Gasteiger partial charge in [-0.05, 0) is 38.1 Å². The second-order valence-corrected chi connectivity index (χ2v) is 8.99. The topological polar surface area (TPSA) is 84.9 Å². The number of sulfonamides is 1. The van der Waals surface area contributed by atoms with Gasteiger partial charge in [0.25, 0.3) is 5.91 Å². The van der Waals surface area contributed by atoms with Crippen LogP contribution in [0.1, 0.15) is 13.8 Å². The zero-order valence-electron chi connectivity index (χ0n) is 14.3. The molecule has 2 atom stereocenters. The maximum absolute atomic E-state index is 12.4. The number of rotatable bonds is 7. The first-order valence-corrected chi connectivity index (χ1v) is 10.4. The van der Waals surface area contributed by atoms with E-state index in [0.29, 0.717) is 18.8 Å². The number of carbonyl (C=O) groups is 1. The molecule has 0 saturated carbocycles. The molecule has 1 aliphatic heterocycles. The van der Waals surface area contributed by atoms with Crippen LogP contribution in [-0.4, -0.2) is 62.8 Å². The lowest BCUT2D eigenvalue weighted by Gasteiger charge is -2.34. The number of nitrogens with zero attached hydrogens (tertiary/aromatic N) is 1. The van der Waals surface area contributed by atoms with Crippen molar-refractivity contribution in [3.63, 3.8) is 0 Å². The van der Waals surface area contributed by atoms with E-state index in [1.54, 1.807) is 12.1 Å².